The Morgan fingerprint density at radius 3 is 2.89 bits per heavy atom. The van der Waals surface area contributed by atoms with Crippen molar-refractivity contribution in [3.05, 3.63) is 29.8 Å². The van der Waals surface area contributed by atoms with Gasteiger partial charge >= 0.3 is 0 Å². The lowest BCUT2D eigenvalue weighted by Gasteiger charge is -2.41. The number of likely N-dealkylation sites (N-methyl/N-ethyl adjacent to an activating group) is 2. The highest BCUT2D eigenvalue weighted by Crippen LogP contribution is 2.21. The van der Waals surface area contributed by atoms with E-state index in [2.05, 4.69) is 28.2 Å². The molecule has 1 unspecified atom stereocenters. The van der Waals surface area contributed by atoms with Crippen molar-refractivity contribution in [2.45, 2.75) is 13.0 Å². The van der Waals surface area contributed by atoms with Crippen molar-refractivity contribution in [2.24, 2.45) is 0 Å². The van der Waals surface area contributed by atoms with Crippen molar-refractivity contribution in [3.63, 3.8) is 0 Å². The highest BCUT2D eigenvalue weighted by atomic mass is 16.1. The Bertz CT molecular complexity index is 447. The second kappa shape index (κ2) is 6.17. The van der Waals surface area contributed by atoms with E-state index in [1.807, 2.05) is 25.2 Å². The summed E-state index contributed by atoms with van der Waals surface area (Å²) in [6, 6.07) is 8.41. The van der Waals surface area contributed by atoms with Gasteiger partial charge in [-0.15, -0.1) is 0 Å². The van der Waals surface area contributed by atoms with Crippen molar-refractivity contribution in [1.82, 2.24) is 10.2 Å². The van der Waals surface area contributed by atoms with E-state index in [1.165, 1.54) is 0 Å². The molecule has 1 saturated heterocycles. The van der Waals surface area contributed by atoms with Crippen molar-refractivity contribution in [3.8, 4) is 0 Å². The monoisotopic (exact) mass is 261 g/mol. The van der Waals surface area contributed by atoms with Crippen LogP contribution in [0.2, 0.25) is 0 Å². The largest absolute Gasteiger partial charge is 0.365 e. The summed E-state index contributed by atoms with van der Waals surface area (Å²) in [6.45, 7) is 5.68. The Labute approximate surface area is 115 Å². The summed E-state index contributed by atoms with van der Waals surface area (Å²) < 4.78 is 0. The Morgan fingerprint density at radius 1 is 1.42 bits per heavy atom. The minimum atomic E-state index is 0.126. The summed E-state index contributed by atoms with van der Waals surface area (Å²) in [6.07, 6.45) is 0. The molecule has 0 aliphatic carbocycles. The highest BCUT2D eigenvalue weighted by Gasteiger charge is 2.25. The third kappa shape index (κ3) is 3.33. The molecule has 19 heavy (non-hydrogen) atoms. The Morgan fingerprint density at radius 2 is 2.21 bits per heavy atom. The van der Waals surface area contributed by atoms with Crippen LogP contribution in [0.4, 0.5) is 5.69 Å². The standard InChI is InChI=1S/C15H23N3O/c1-12(19)13-5-4-6-14(9-13)18-8-7-17(3)11-15(18)10-16-2/h4-6,9,15-16H,7-8,10-11H2,1-3H3. The molecule has 1 atom stereocenters. The maximum atomic E-state index is 11.5. The Hall–Kier alpha value is -1.39. The smallest absolute Gasteiger partial charge is 0.159 e. The number of hydrogen-bond acceptors (Lipinski definition) is 4. The summed E-state index contributed by atoms with van der Waals surface area (Å²) in [5.41, 5.74) is 1.95. The van der Waals surface area contributed by atoms with Crippen LogP contribution in [-0.4, -0.2) is 57.0 Å². The zero-order valence-corrected chi connectivity index (χ0v) is 12.0. The maximum absolute atomic E-state index is 11.5. The molecule has 4 heteroatoms. The van der Waals surface area contributed by atoms with Gasteiger partial charge in [-0.3, -0.25) is 4.79 Å². The van der Waals surface area contributed by atoms with E-state index < -0.39 is 0 Å². The van der Waals surface area contributed by atoms with Gasteiger partial charge in [-0.2, -0.15) is 0 Å². The fourth-order valence-corrected chi connectivity index (χ4v) is 2.66. The zero-order chi connectivity index (χ0) is 13.8. The fourth-order valence-electron chi connectivity index (χ4n) is 2.66. The molecule has 0 bridgehead atoms. The second-order valence-electron chi connectivity index (χ2n) is 5.27. The van der Waals surface area contributed by atoms with E-state index in [1.54, 1.807) is 6.92 Å². The van der Waals surface area contributed by atoms with Crippen LogP contribution in [0.5, 0.6) is 0 Å². The first-order chi connectivity index (χ1) is 9.11. The molecule has 0 radical (unpaired) electrons. The Kier molecular flexibility index (Phi) is 4.56. The number of piperazine rings is 1. The molecule has 104 valence electrons. The minimum absolute atomic E-state index is 0.126. The third-order valence-electron chi connectivity index (χ3n) is 3.71. The molecule has 0 spiro atoms. The van der Waals surface area contributed by atoms with Crippen molar-refractivity contribution < 1.29 is 4.79 Å². The highest BCUT2D eigenvalue weighted by molar-refractivity contribution is 5.95. The SMILES string of the molecule is CNCC1CN(C)CCN1c1cccc(C(C)=O)c1. The molecule has 0 saturated carbocycles. The number of benzene rings is 1. The summed E-state index contributed by atoms with van der Waals surface area (Å²) in [5, 5.41) is 3.26. The van der Waals surface area contributed by atoms with Crippen LogP contribution in [0.3, 0.4) is 0 Å². The van der Waals surface area contributed by atoms with Crippen LogP contribution in [0.15, 0.2) is 24.3 Å². The van der Waals surface area contributed by atoms with E-state index >= 15 is 0 Å². The molecule has 4 nitrogen and oxygen atoms in total. The number of ketones is 1. The Balaban J connectivity index is 2.22. The molecule has 1 aromatic rings. The number of carbonyl (C=O) groups is 1. The van der Waals surface area contributed by atoms with Crippen molar-refractivity contribution in [2.75, 3.05) is 45.2 Å². The van der Waals surface area contributed by atoms with Gasteiger partial charge in [0.2, 0.25) is 0 Å². The average Bonchev–Trinajstić information content (AvgIpc) is 2.39. The molecule has 1 heterocycles. The first kappa shape index (κ1) is 14.0. The molecule has 1 aromatic carbocycles. The van der Waals surface area contributed by atoms with Crippen LogP contribution >= 0.6 is 0 Å². The van der Waals surface area contributed by atoms with Gasteiger partial charge in [0.05, 0.1) is 6.04 Å². The number of anilines is 1. The number of hydrogen-bond donors (Lipinski definition) is 1. The molecule has 1 fully saturated rings. The number of Topliss-reactive ketones (excluding diaryl/α,β-unsaturated/α-hetero) is 1. The predicted molar refractivity (Wildman–Crippen MR) is 79.0 cm³/mol. The summed E-state index contributed by atoms with van der Waals surface area (Å²) in [7, 11) is 4.14. The van der Waals surface area contributed by atoms with Gasteiger partial charge in [-0.1, -0.05) is 12.1 Å². The van der Waals surface area contributed by atoms with Crippen LogP contribution in [0.1, 0.15) is 17.3 Å². The molecule has 2 rings (SSSR count). The number of rotatable bonds is 4. The van der Waals surface area contributed by atoms with E-state index in [-0.39, 0.29) is 5.78 Å². The summed E-state index contributed by atoms with van der Waals surface area (Å²) >= 11 is 0. The second-order valence-corrected chi connectivity index (χ2v) is 5.27. The average molecular weight is 261 g/mol. The lowest BCUT2D eigenvalue weighted by Crippen LogP contribution is -2.55. The van der Waals surface area contributed by atoms with E-state index in [4.69, 9.17) is 0 Å². The predicted octanol–water partition coefficient (Wildman–Crippen LogP) is 1.23. The zero-order valence-electron chi connectivity index (χ0n) is 12.0. The first-order valence-electron chi connectivity index (χ1n) is 6.82. The van der Waals surface area contributed by atoms with Crippen LogP contribution in [0.25, 0.3) is 0 Å². The summed E-state index contributed by atoms with van der Waals surface area (Å²) in [5.74, 6) is 0.126. The molecule has 1 aliphatic heterocycles. The quantitative estimate of drug-likeness (QED) is 0.827. The molecular formula is C15H23N3O. The number of nitrogens with zero attached hydrogens (tertiary/aromatic N) is 2. The van der Waals surface area contributed by atoms with Crippen LogP contribution in [-0.2, 0) is 0 Å². The molecule has 0 aromatic heterocycles. The van der Waals surface area contributed by atoms with E-state index in [9.17, 15) is 4.79 Å². The van der Waals surface area contributed by atoms with Gasteiger partial charge in [0.15, 0.2) is 5.78 Å². The number of nitrogens with one attached hydrogen (secondary N) is 1. The topological polar surface area (TPSA) is 35.6 Å². The van der Waals surface area contributed by atoms with Crippen LogP contribution in [0, 0.1) is 0 Å². The lowest BCUT2D eigenvalue weighted by molar-refractivity contribution is 0.101. The van der Waals surface area contributed by atoms with Crippen LogP contribution < -0.4 is 10.2 Å². The van der Waals surface area contributed by atoms with Gasteiger partial charge in [-0.25, -0.2) is 0 Å². The minimum Gasteiger partial charge on any atom is -0.365 e. The lowest BCUT2D eigenvalue weighted by atomic mass is 10.1. The fraction of sp³-hybridized carbons (Fsp3) is 0.533. The van der Waals surface area contributed by atoms with E-state index in [0.717, 1.165) is 37.4 Å². The van der Waals surface area contributed by atoms with Crippen molar-refractivity contribution >= 4 is 11.5 Å². The first-order valence-corrected chi connectivity index (χ1v) is 6.82. The van der Waals surface area contributed by atoms with Gasteiger partial charge in [0.25, 0.3) is 0 Å². The van der Waals surface area contributed by atoms with Gasteiger partial charge in [0.1, 0.15) is 0 Å². The van der Waals surface area contributed by atoms with E-state index in [0.29, 0.717) is 6.04 Å². The number of carbonyl (C=O) groups excluding carboxylic acids is 1. The summed E-state index contributed by atoms with van der Waals surface area (Å²) in [4.78, 5) is 16.3. The normalized spacial score (nSPS) is 20.6. The van der Waals surface area contributed by atoms with Gasteiger partial charge in [-0.05, 0) is 33.2 Å². The molecule has 1 aliphatic rings. The third-order valence-corrected chi connectivity index (χ3v) is 3.71. The molecule has 1 N–H and O–H groups in total. The van der Waals surface area contributed by atoms with Crippen molar-refractivity contribution in [1.29, 1.82) is 0 Å². The molecular weight excluding hydrogens is 238 g/mol. The maximum Gasteiger partial charge on any atom is 0.159 e. The van der Waals surface area contributed by atoms with Gasteiger partial charge < -0.3 is 15.1 Å². The molecule has 0 amide bonds. The van der Waals surface area contributed by atoms with Gasteiger partial charge in [0, 0.05) is 37.4 Å².